The van der Waals surface area contributed by atoms with Gasteiger partial charge in [0.1, 0.15) is 0 Å². The van der Waals surface area contributed by atoms with Gasteiger partial charge in [-0.3, -0.25) is 0 Å². The van der Waals surface area contributed by atoms with E-state index in [1.807, 2.05) is 31.2 Å². The lowest BCUT2D eigenvalue weighted by Gasteiger charge is -1.86. The number of hydrogen-bond donors (Lipinski definition) is 0. The van der Waals surface area contributed by atoms with E-state index < -0.39 is 0 Å². The molecule has 0 radical (unpaired) electrons. The van der Waals surface area contributed by atoms with Gasteiger partial charge in [0.15, 0.2) is 0 Å². The summed E-state index contributed by atoms with van der Waals surface area (Å²) in [6.45, 7) is 6.30. The molecule has 0 spiro atoms. The second-order valence-electron chi connectivity index (χ2n) is 2.00. The van der Waals surface area contributed by atoms with Crippen molar-refractivity contribution in [2.45, 2.75) is 6.92 Å². The number of allylic oxidation sites excluding steroid dienone is 4. The van der Waals surface area contributed by atoms with Crippen molar-refractivity contribution in [3.8, 4) is 0 Å². The Balaban J connectivity index is 3.59. The number of hydrogen-bond acceptors (Lipinski definition) is 1. The molecule has 0 aromatic heterocycles. The standard InChI is InChI=1S/C9H14O/c1-4-9(2)7-5-6-8-10-3/h4-7H,1,8H2,2-3H3/b6-5-,9-7-. The Hall–Kier alpha value is -0.820. The van der Waals surface area contributed by atoms with Crippen LogP contribution in [0.2, 0.25) is 0 Å². The first-order valence-electron chi connectivity index (χ1n) is 3.26. The average Bonchev–Trinajstić information content (AvgIpc) is 1.98. The molecule has 0 fully saturated rings. The minimum absolute atomic E-state index is 0.668. The molecule has 1 nitrogen and oxygen atoms in total. The molecule has 0 rings (SSSR count). The summed E-state index contributed by atoms with van der Waals surface area (Å²) in [5.74, 6) is 0. The van der Waals surface area contributed by atoms with Gasteiger partial charge in [-0.25, -0.2) is 0 Å². The van der Waals surface area contributed by atoms with Gasteiger partial charge in [0.2, 0.25) is 0 Å². The predicted molar refractivity (Wildman–Crippen MR) is 45.0 cm³/mol. The maximum atomic E-state index is 4.82. The van der Waals surface area contributed by atoms with E-state index >= 15 is 0 Å². The average molecular weight is 138 g/mol. The minimum atomic E-state index is 0.668. The van der Waals surface area contributed by atoms with Gasteiger partial charge in [-0.15, -0.1) is 0 Å². The van der Waals surface area contributed by atoms with E-state index in [1.165, 1.54) is 0 Å². The van der Waals surface area contributed by atoms with Gasteiger partial charge >= 0.3 is 0 Å². The second kappa shape index (κ2) is 6.30. The van der Waals surface area contributed by atoms with E-state index in [4.69, 9.17) is 4.74 Å². The topological polar surface area (TPSA) is 9.23 Å². The van der Waals surface area contributed by atoms with Crippen LogP contribution in [0.4, 0.5) is 0 Å². The molecule has 0 saturated heterocycles. The van der Waals surface area contributed by atoms with Crippen LogP contribution in [0, 0.1) is 0 Å². The molecule has 56 valence electrons. The maximum Gasteiger partial charge on any atom is 0.0646 e. The zero-order valence-corrected chi connectivity index (χ0v) is 6.63. The number of ether oxygens (including phenoxy) is 1. The van der Waals surface area contributed by atoms with E-state index in [1.54, 1.807) is 7.11 Å². The Labute approximate surface area is 62.7 Å². The van der Waals surface area contributed by atoms with Crippen molar-refractivity contribution in [3.63, 3.8) is 0 Å². The summed E-state index contributed by atoms with van der Waals surface area (Å²) in [4.78, 5) is 0. The summed E-state index contributed by atoms with van der Waals surface area (Å²) in [7, 11) is 1.68. The normalized spacial score (nSPS) is 12.4. The predicted octanol–water partition coefficient (Wildman–Crippen LogP) is 2.32. The molecule has 0 saturated carbocycles. The molecule has 0 aliphatic heterocycles. The fourth-order valence-corrected chi connectivity index (χ4v) is 0.440. The summed E-state index contributed by atoms with van der Waals surface area (Å²) in [5, 5.41) is 0. The third-order valence-electron chi connectivity index (χ3n) is 1.08. The molecule has 0 aliphatic rings. The van der Waals surface area contributed by atoms with Crippen LogP contribution in [0.1, 0.15) is 6.92 Å². The van der Waals surface area contributed by atoms with Crippen LogP contribution in [-0.2, 0) is 4.74 Å². The first-order valence-corrected chi connectivity index (χ1v) is 3.26. The van der Waals surface area contributed by atoms with E-state index in [2.05, 4.69) is 6.58 Å². The van der Waals surface area contributed by atoms with Gasteiger partial charge in [0.05, 0.1) is 6.61 Å². The molecule has 1 heteroatoms. The van der Waals surface area contributed by atoms with Crippen molar-refractivity contribution < 1.29 is 4.74 Å². The Kier molecular flexibility index (Phi) is 5.79. The molecule has 0 aromatic rings. The Morgan fingerprint density at radius 2 is 2.30 bits per heavy atom. The molecule has 0 bridgehead atoms. The third-order valence-corrected chi connectivity index (χ3v) is 1.08. The maximum absolute atomic E-state index is 4.82. The zero-order valence-electron chi connectivity index (χ0n) is 6.63. The van der Waals surface area contributed by atoms with Crippen molar-refractivity contribution in [2.75, 3.05) is 13.7 Å². The largest absolute Gasteiger partial charge is 0.381 e. The molecule has 0 heterocycles. The monoisotopic (exact) mass is 138 g/mol. The quantitative estimate of drug-likeness (QED) is 0.542. The second-order valence-corrected chi connectivity index (χ2v) is 2.00. The highest BCUT2D eigenvalue weighted by atomic mass is 16.5. The van der Waals surface area contributed by atoms with Crippen LogP contribution in [0.15, 0.2) is 36.5 Å². The van der Waals surface area contributed by atoms with Crippen LogP contribution in [0.5, 0.6) is 0 Å². The molecule has 0 atom stereocenters. The molecule has 0 amide bonds. The van der Waals surface area contributed by atoms with Crippen molar-refractivity contribution in [2.24, 2.45) is 0 Å². The molecule has 0 N–H and O–H groups in total. The molecule has 0 aromatic carbocycles. The molecule has 10 heavy (non-hydrogen) atoms. The van der Waals surface area contributed by atoms with Gasteiger partial charge in [-0.1, -0.05) is 36.5 Å². The molecule has 0 unspecified atom stereocenters. The Morgan fingerprint density at radius 3 is 2.80 bits per heavy atom. The van der Waals surface area contributed by atoms with Crippen molar-refractivity contribution in [3.05, 3.63) is 36.5 Å². The van der Waals surface area contributed by atoms with E-state index in [9.17, 15) is 0 Å². The minimum Gasteiger partial charge on any atom is -0.381 e. The van der Waals surface area contributed by atoms with Gasteiger partial charge in [0.25, 0.3) is 0 Å². The Morgan fingerprint density at radius 1 is 1.60 bits per heavy atom. The lowest BCUT2D eigenvalue weighted by atomic mass is 10.3. The highest BCUT2D eigenvalue weighted by molar-refractivity contribution is 5.19. The first kappa shape index (κ1) is 9.18. The van der Waals surface area contributed by atoms with Gasteiger partial charge < -0.3 is 4.74 Å². The summed E-state index contributed by atoms with van der Waals surface area (Å²) >= 11 is 0. The van der Waals surface area contributed by atoms with Crippen LogP contribution in [-0.4, -0.2) is 13.7 Å². The van der Waals surface area contributed by atoms with Crippen LogP contribution < -0.4 is 0 Å². The van der Waals surface area contributed by atoms with Crippen LogP contribution >= 0.6 is 0 Å². The van der Waals surface area contributed by atoms with E-state index in [0.717, 1.165) is 5.57 Å². The SMILES string of the molecule is C=C/C(C)=C\C=C/COC. The lowest BCUT2D eigenvalue weighted by Crippen LogP contribution is -1.78. The molecular weight excluding hydrogens is 124 g/mol. The number of methoxy groups -OCH3 is 1. The lowest BCUT2D eigenvalue weighted by molar-refractivity contribution is 0.234. The molecule has 0 aliphatic carbocycles. The highest BCUT2D eigenvalue weighted by Crippen LogP contribution is 1.92. The first-order chi connectivity index (χ1) is 4.81. The summed E-state index contributed by atoms with van der Waals surface area (Å²) in [6.07, 6.45) is 7.72. The van der Waals surface area contributed by atoms with Crippen molar-refractivity contribution in [1.29, 1.82) is 0 Å². The third kappa shape index (κ3) is 5.32. The fraction of sp³-hybridized carbons (Fsp3) is 0.333. The zero-order chi connectivity index (χ0) is 7.82. The summed E-state index contributed by atoms with van der Waals surface area (Å²) in [6, 6.07) is 0. The highest BCUT2D eigenvalue weighted by Gasteiger charge is 1.73. The van der Waals surface area contributed by atoms with Gasteiger partial charge in [-0.05, 0) is 6.92 Å². The van der Waals surface area contributed by atoms with Crippen molar-refractivity contribution >= 4 is 0 Å². The van der Waals surface area contributed by atoms with Crippen LogP contribution in [0.25, 0.3) is 0 Å². The fourth-order valence-electron chi connectivity index (χ4n) is 0.440. The smallest absolute Gasteiger partial charge is 0.0646 e. The van der Waals surface area contributed by atoms with E-state index in [-0.39, 0.29) is 0 Å². The van der Waals surface area contributed by atoms with Gasteiger partial charge in [-0.2, -0.15) is 0 Å². The summed E-state index contributed by atoms with van der Waals surface area (Å²) < 4.78 is 4.82. The van der Waals surface area contributed by atoms with Crippen molar-refractivity contribution in [1.82, 2.24) is 0 Å². The van der Waals surface area contributed by atoms with Crippen LogP contribution in [0.3, 0.4) is 0 Å². The Bertz CT molecular complexity index is 143. The van der Waals surface area contributed by atoms with Gasteiger partial charge in [0, 0.05) is 7.11 Å². The van der Waals surface area contributed by atoms with E-state index in [0.29, 0.717) is 6.61 Å². The molecular formula is C9H14O. The number of rotatable bonds is 4. The summed E-state index contributed by atoms with van der Waals surface area (Å²) in [5.41, 5.74) is 1.16.